The second-order valence-electron chi connectivity index (χ2n) is 4.05. The Labute approximate surface area is 117 Å². The molecule has 0 radical (unpaired) electrons. The van der Waals surface area contributed by atoms with Crippen molar-refractivity contribution in [3.63, 3.8) is 0 Å². The number of aromatic amines is 1. The lowest BCUT2D eigenvalue weighted by molar-refractivity contribution is 0.600. The summed E-state index contributed by atoms with van der Waals surface area (Å²) in [6, 6.07) is 4.94. The third kappa shape index (κ3) is 3.17. The molecule has 4 N–H and O–H groups in total. The molecular weight excluding hydrogens is 276 g/mol. The molecule has 104 valence electrons. The molecule has 0 saturated carbocycles. The Balaban J connectivity index is 2.45. The lowest BCUT2D eigenvalue weighted by Crippen LogP contribution is -2.15. The standard InChI is InChI=1S/C13H14N4O2S/c1-10-4-5-12(11(9-10)3-2-6-14)20(18,19)17-13-15-7-8-16-13/h4-5,7-9H,6,14H2,1H3,(H2,15,16,17). The Morgan fingerprint density at radius 2 is 2.25 bits per heavy atom. The van der Waals surface area contributed by atoms with Crippen LogP contribution in [0.4, 0.5) is 5.95 Å². The molecule has 0 atom stereocenters. The van der Waals surface area contributed by atoms with Gasteiger partial charge in [-0.1, -0.05) is 17.9 Å². The number of benzene rings is 1. The van der Waals surface area contributed by atoms with Crippen LogP contribution in [0.3, 0.4) is 0 Å². The summed E-state index contributed by atoms with van der Waals surface area (Å²) in [6.45, 7) is 2.03. The molecule has 0 bridgehead atoms. The van der Waals surface area contributed by atoms with E-state index in [1.54, 1.807) is 12.1 Å². The molecule has 0 aliphatic heterocycles. The van der Waals surface area contributed by atoms with E-state index >= 15 is 0 Å². The second-order valence-corrected chi connectivity index (χ2v) is 5.70. The maximum atomic E-state index is 12.3. The van der Waals surface area contributed by atoms with Crippen molar-refractivity contribution in [1.29, 1.82) is 0 Å². The van der Waals surface area contributed by atoms with E-state index in [1.165, 1.54) is 18.5 Å². The zero-order valence-corrected chi connectivity index (χ0v) is 11.7. The minimum absolute atomic E-state index is 0.0976. The summed E-state index contributed by atoms with van der Waals surface area (Å²) in [6.07, 6.45) is 2.99. The van der Waals surface area contributed by atoms with Crippen molar-refractivity contribution in [1.82, 2.24) is 9.97 Å². The smallest absolute Gasteiger partial charge is 0.265 e. The summed E-state index contributed by atoms with van der Waals surface area (Å²) >= 11 is 0. The number of hydrogen-bond donors (Lipinski definition) is 3. The van der Waals surface area contributed by atoms with Gasteiger partial charge in [-0.25, -0.2) is 18.1 Å². The van der Waals surface area contributed by atoms with Crippen LogP contribution < -0.4 is 10.5 Å². The summed E-state index contributed by atoms with van der Waals surface area (Å²) in [5.41, 5.74) is 6.66. The van der Waals surface area contributed by atoms with Crippen molar-refractivity contribution >= 4 is 16.0 Å². The predicted molar refractivity (Wildman–Crippen MR) is 76.5 cm³/mol. The minimum atomic E-state index is -3.75. The third-order valence-corrected chi connectivity index (χ3v) is 3.88. The zero-order chi connectivity index (χ0) is 14.6. The Morgan fingerprint density at radius 1 is 1.45 bits per heavy atom. The zero-order valence-electron chi connectivity index (χ0n) is 10.8. The lowest BCUT2D eigenvalue weighted by Gasteiger charge is -2.08. The Kier molecular flexibility index (Phi) is 4.08. The van der Waals surface area contributed by atoms with Crippen molar-refractivity contribution in [2.24, 2.45) is 5.73 Å². The van der Waals surface area contributed by atoms with Crippen LogP contribution in [0.15, 0.2) is 35.5 Å². The molecular formula is C13H14N4O2S. The molecule has 0 spiro atoms. The van der Waals surface area contributed by atoms with Crippen LogP contribution in [0, 0.1) is 18.8 Å². The molecule has 20 heavy (non-hydrogen) atoms. The maximum Gasteiger partial charge on any atom is 0.265 e. The van der Waals surface area contributed by atoms with Gasteiger partial charge in [-0.3, -0.25) is 0 Å². The lowest BCUT2D eigenvalue weighted by atomic mass is 10.1. The van der Waals surface area contributed by atoms with Crippen LogP contribution in [0.5, 0.6) is 0 Å². The first-order chi connectivity index (χ1) is 9.53. The average molecular weight is 290 g/mol. The second kappa shape index (κ2) is 5.77. The summed E-state index contributed by atoms with van der Waals surface area (Å²) < 4.78 is 27.0. The molecule has 0 aliphatic rings. The van der Waals surface area contributed by atoms with Crippen LogP contribution in [-0.2, 0) is 10.0 Å². The number of aromatic nitrogens is 2. The number of hydrogen-bond acceptors (Lipinski definition) is 4. The van der Waals surface area contributed by atoms with Crippen LogP contribution in [-0.4, -0.2) is 24.9 Å². The normalized spacial score (nSPS) is 10.7. The third-order valence-electron chi connectivity index (χ3n) is 2.48. The van der Waals surface area contributed by atoms with E-state index in [0.717, 1.165) is 5.56 Å². The molecule has 0 fully saturated rings. The van der Waals surface area contributed by atoms with Gasteiger partial charge in [0.15, 0.2) is 0 Å². The molecule has 6 nitrogen and oxygen atoms in total. The Morgan fingerprint density at radius 3 is 2.90 bits per heavy atom. The summed E-state index contributed by atoms with van der Waals surface area (Å²) in [5, 5.41) is 0. The average Bonchev–Trinajstić information content (AvgIpc) is 2.88. The number of H-pyrrole nitrogens is 1. The SMILES string of the molecule is Cc1ccc(S(=O)(=O)Nc2ncc[nH]2)c(C#CCN)c1. The first-order valence-corrected chi connectivity index (χ1v) is 7.33. The number of aryl methyl sites for hydroxylation is 1. The van der Waals surface area contributed by atoms with Gasteiger partial charge in [0.2, 0.25) is 5.95 Å². The van der Waals surface area contributed by atoms with E-state index in [9.17, 15) is 8.42 Å². The molecule has 0 aliphatic carbocycles. The molecule has 0 saturated heterocycles. The topological polar surface area (TPSA) is 101 Å². The quantitative estimate of drug-likeness (QED) is 0.729. The Bertz CT molecular complexity index is 755. The first kappa shape index (κ1) is 14.1. The van der Waals surface area contributed by atoms with E-state index in [0.29, 0.717) is 5.56 Å². The first-order valence-electron chi connectivity index (χ1n) is 5.85. The number of anilines is 1. The van der Waals surface area contributed by atoms with Crippen molar-refractivity contribution < 1.29 is 8.42 Å². The number of nitrogens with two attached hydrogens (primary N) is 1. The summed E-state index contributed by atoms with van der Waals surface area (Å²) in [7, 11) is -3.75. The molecule has 1 aromatic carbocycles. The Hall–Kier alpha value is -2.30. The van der Waals surface area contributed by atoms with Crippen molar-refractivity contribution in [3.05, 3.63) is 41.7 Å². The summed E-state index contributed by atoms with van der Waals surface area (Å²) in [5.74, 6) is 5.60. The highest BCUT2D eigenvalue weighted by Gasteiger charge is 2.18. The molecule has 2 aromatic rings. The van der Waals surface area contributed by atoms with E-state index in [-0.39, 0.29) is 17.4 Å². The molecule has 1 heterocycles. The van der Waals surface area contributed by atoms with E-state index < -0.39 is 10.0 Å². The largest absolute Gasteiger partial charge is 0.330 e. The van der Waals surface area contributed by atoms with Gasteiger partial charge in [-0.05, 0) is 24.6 Å². The highest BCUT2D eigenvalue weighted by Crippen LogP contribution is 2.18. The number of sulfonamides is 1. The van der Waals surface area contributed by atoms with Crippen molar-refractivity contribution in [3.8, 4) is 11.8 Å². The van der Waals surface area contributed by atoms with Crippen LogP contribution in [0.25, 0.3) is 0 Å². The molecule has 7 heteroatoms. The summed E-state index contributed by atoms with van der Waals surface area (Å²) in [4.78, 5) is 6.61. The molecule has 1 aromatic heterocycles. The predicted octanol–water partition coefficient (Wildman–Crippen LogP) is 0.829. The van der Waals surface area contributed by atoms with Gasteiger partial charge in [0, 0.05) is 18.0 Å². The molecule has 2 rings (SSSR count). The van der Waals surface area contributed by atoms with Gasteiger partial charge in [0.1, 0.15) is 4.90 Å². The van der Waals surface area contributed by atoms with Crippen LogP contribution in [0.2, 0.25) is 0 Å². The van der Waals surface area contributed by atoms with E-state index in [4.69, 9.17) is 5.73 Å². The monoisotopic (exact) mass is 290 g/mol. The van der Waals surface area contributed by atoms with Crippen LogP contribution >= 0.6 is 0 Å². The minimum Gasteiger partial charge on any atom is -0.330 e. The van der Waals surface area contributed by atoms with Gasteiger partial charge in [-0.2, -0.15) is 0 Å². The number of rotatable bonds is 3. The maximum absolute atomic E-state index is 12.3. The van der Waals surface area contributed by atoms with Gasteiger partial charge in [0.25, 0.3) is 10.0 Å². The fraction of sp³-hybridized carbons (Fsp3) is 0.154. The fourth-order valence-electron chi connectivity index (χ4n) is 1.63. The van der Waals surface area contributed by atoms with Gasteiger partial charge in [-0.15, -0.1) is 0 Å². The van der Waals surface area contributed by atoms with E-state index in [2.05, 4.69) is 26.5 Å². The molecule has 0 amide bonds. The fourth-order valence-corrected chi connectivity index (χ4v) is 2.75. The number of nitrogens with zero attached hydrogens (tertiary/aromatic N) is 1. The van der Waals surface area contributed by atoms with Gasteiger partial charge < -0.3 is 10.7 Å². The number of nitrogens with one attached hydrogen (secondary N) is 2. The van der Waals surface area contributed by atoms with Crippen molar-refractivity contribution in [2.45, 2.75) is 11.8 Å². The highest BCUT2D eigenvalue weighted by atomic mass is 32.2. The highest BCUT2D eigenvalue weighted by molar-refractivity contribution is 7.92. The van der Waals surface area contributed by atoms with Gasteiger partial charge in [0.05, 0.1) is 6.54 Å². The van der Waals surface area contributed by atoms with Gasteiger partial charge >= 0.3 is 0 Å². The van der Waals surface area contributed by atoms with Crippen molar-refractivity contribution in [2.75, 3.05) is 11.3 Å². The number of imidazole rings is 1. The van der Waals surface area contributed by atoms with Crippen LogP contribution in [0.1, 0.15) is 11.1 Å². The molecule has 0 unspecified atom stereocenters. The van der Waals surface area contributed by atoms with E-state index in [1.807, 2.05) is 6.92 Å².